The molecule has 48 heavy (non-hydrogen) atoms. The molecule has 4 nitrogen and oxygen atoms in total. The van der Waals surface area contributed by atoms with Gasteiger partial charge in [-0.15, -0.1) is 0 Å². The Morgan fingerprint density at radius 3 is 2.15 bits per heavy atom. The number of aromatic nitrogens is 4. The van der Waals surface area contributed by atoms with Crippen molar-refractivity contribution in [3.63, 3.8) is 0 Å². The SMILES string of the molecule is c1cc(-c2ccc3cc(-c4ccnc5c4ccc4cccnc45)ccc3n2)cc(-c2nc3ccccc3c3c2ccc2ccccc23)c1. The van der Waals surface area contributed by atoms with E-state index in [0.29, 0.717) is 0 Å². The van der Waals surface area contributed by atoms with Crippen molar-refractivity contribution >= 4 is 65.2 Å². The number of fused-ring (bicyclic) bond motifs is 9. The van der Waals surface area contributed by atoms with Gasteiger partial charge in [0.2, 0.25) is 0 Å². The Labute approximate surface area is 276 Å². The van der Waals surface area contributed by atoms with E-state index in [2.05, 4.69) is 145 Å². The number of benzene rings is 6. The fraction of sp³-hybridized carbons (Fsp3) is 0. The van der Waals surface area contributed by atoms with Crippen LogP contribution in [0.15, 0.2) is 158 Å². The van der Waals surface area contributed by atoms with Gasteiger partial charge in [0.15, 0.2) is 0 Å². The highest BCUT2D eigenvalue weighted by atomic mass is 14.7. The molecule has 10 aromatic rings. The first-order valence-electron chi connectivity index (χ1n) is 16.1. The van der Waals surface area contributed by atoms with Crippen LogP contribution in [-0.4, -0.2) is 19.9 Å². The van der Waals surface area contributed by atoms with E-state index in [1.807, 2.05) is 18.5 Å². The maximum atomic E-state index is 5.21. The van der Waals surface area contributed by atoms with Crippen LogP contribution in [0.1, 0.15) is 0 Å². The number of hydrogen-bond donors (Lipinski definition) is 0. The summed E-state index contributed by atoms with van der Waals surface area (Å²) in [4.78, 5) is 19.7. The minimum Gasteiger partial charge on any atom is -0.254 e. The van der Waals surface area contributed by atoms with Crippen LogP contribution in [0, 0.1) is 0 Å². The summed E-state index contributed by atoms with van der Waals surface area (Å²) in [5.74, 6) is 0. The fourth-order valence-corrected chi connectivity index (χ4v) is 7.23. The highest BCUT2D eigenvalue weighted by Gasteiger charge is 2.15. The molecule has 0 saturated heterocycles. The van der Waals surface area contributed by atoms with Gasteiger partial charge in [-0.3, -0.25) is 9.97 Å². The molecule has 0 aliphatic carbocycles. The molecule has 0 radical (unpaired) electrons. The second kappa shape index (κ2) is 10.5. The topological polar surface area (TPSA) is 51.6 Å². The van der Waals surface area contributed by atoms with E-state index < -0.39 is 0 Å². The highest BCUT2D eigenvalue weighted by molar-refractivity contribution is 6.22. The lowest BCUT2D eigenvalue weighted by Gasteiger charge is -2.13. The molecule has 0 spiro atoms. The third kappa shape index (κ3) is 4.16. The number of hydrogen-bond acceptors (Lipinski definition) is 4. The average Bonchev–Trinajstić information content (AvgIpc) is 3.16. The van der Waals surface area contributed by atoms with Gasteiger partial charge in [-0.1, -0.05) is 103 Å². The van der Waals surface area contributed by atoms with Crippen molar-refractivity contribution in [2.45, 2.75) is 0 Å². The molecule has 0 aliphatic rings. The van der Waals surface area contributed by atoms with E-state index in [1.165, 1.54) is 21.5 Å². The van der Waals surface area contributed by atoms with Crippen LogP contribution in [0.5, 0.6) is 0 Å². The molecule has 6 aromatic carbocycles. The second-order valence-electron chi connectivity index (χ2n) is 12.3. The van der Waals surface area contributed by atoms with Gasteiger partial charge in [0, 0.05) is 55.8 Å². The summed E-state index contributed by atoms with van der Waals surface area (Å²) >= 11 is 0. The van der Waals surface area contributed by atoms with Crippen LogP contribution in [0.2, 0.25) is 0 Å². The zero-order valence-corrected chi connectivity index (χ0v) is 25.8. The zero-order valence-electron chi connectivity index (χ0n) is 25.8. The summed E-state index contributed by atoms with van der Waals surface area (Å²) in [6, 6.07) is 51.2. The van der Waals surface area contributed by atoms with E-state index in [-0.39, 0.29) is 0 Å². The lowest BCUT2D eigenvalue weighted by Crippen LogP contribution is -1.92. The predicted octanol–water partition coefficient (Wildman–Crippen LogP) is 11.2. The fourth-order valence-electron chi connectivity index (χ4n) is 7.23. The first-order valence-corrected chi connectivity index (χ1v) is 16.1. The largest absolute Gasteiger partial charge is 0.254 e. The van der Waals surface area contributed by atoms with E-state index in [1.54, 1.807) is 0 Å². The van der Waals surface area contributed by atoms with Crippen molar-refractivity contribution in [1.29, 1.82) is 0 Å². The maximum Gasteiger partial charge on any atom is 0.0970 e. The molecule has 0 atom stereocenters. The first-order chi connectivity index (χ1) is 23.8. The summed E-state index contributed by atoms with van der Waals surface area (Å²) in [5.41, 5.74) is 10.1. The number of rotatable bonds is 3. The van der Waals surface area contributed by atoms with Gasteiger partial charge in [-0.2, -0.15) is 0 Å². The lowest BCUT2D eigenvalue weighted by molar-refractivity contribution is 1.37. The summed E-state index contributed by atoms with van der Waals surface area (Å²) in [6.07, 6.45) is 3.70. The van der Waals surface area contributed by atoms with Gasteiger partial charge in [-0.25, -0.2) is 9.97 Å². The quantitative estimate of drug-likeness (QED) is 0.187. The van der Waals surface area contributed by atoms with E-state index in [4.69, 9.17) is 15.0 Å². The molecule has 0 unspecified atom stereocenters. The third-order valence-corrected chi connectivity index (χ3v) is 9.50. The molecule has 0 saturated carbocycles. The Morgan fingerprint density at radius 1 is 0.375 bits per heavy atom. The lowest BCUT2D eigenvalue weighted by atomic mass is 9.94. The third-order valence-electron chi connectivity index (χ3n) is 9.50. The van der Waals surface area contributed by atoms with Crippen LogP contribution in [-0.2, 0) is 0 Å². The Morgan fingerprint density at radius 2 is 1.17 bits per heavy atom. The van der Waals surface area contributed by atoms with Crippen molar-refractivity contribution in [2.75, 3.05) is 0 Å². The average molecular weight is 611 g/mol. The standard InChI is InChI=1S/C44H26N4/c1-2-11-34-27(7-1)14-19-37-41(34)36-12-3-4-13-40(36)48-42(37)32-9-5-8-30(26-32)38-21-17-31-25-29(16-20-39(31)47-38)33-22-24-46-44-35(33)18-15-28-10-6-23-45-43(28)44/h1-26H. The molecule has 0 N–H and O–H groups in total. The summed E-state index contributed by atoms with van der Waals surface area (Å²) < 4.78 is 0. The van der Waals surface area contributed by atoms with Crippen molar-refractivity contribution in [3.05, 3.63) is 158 Å². The Bertz CT molecular complexity index is 2890. The summed E-state index contributed by atoms with van der Waals surface area (Å²) in [5, 5.41) is 9.30. The molecule has 222 valence electrons. The molecule has 0 bridgehead atoms. The van der Waals surface area contributed by atoms with Crippen LogP contribution in [0.3, 0.4) is 0 Å². The maximum absolute atomic E-state index is 5.21. The minimum absolute atomic E-state index is 0.918. The molecule has 0 amide bonds. The predicted molar refractivity (Wildman–Crippen MR) is 199 cm³/mol. The molecular formula is C44H26N4. The van der Waals surface area contributed by atoms with Crippen molar-refractivity contribution in [2.24, 2.45) is 0 Å². The molecule has 4 heteroatoms. The molecule has 10 rings (SSSR count). The summed E-state index contributed by atoms with van der Waals surface area (Å²) in [6.45, 7) is 0. The molecular weight excluding hydrogens is 585 g/mol. The molecule has 0 fully saturated rings. The first kappa shape index (κ1) is 26.7. The van der Waals surface area contributed by atoms with Crippen molar-refractivity contribution < 1.29 is 0 Å². The summed E-state index contributed by atoms with van der Waals surface area (Å²) in [7, 11) is 0. The van der Waals surface area contributed by atoms with Gasteiger partial charge in [0.25, 0.3) is 0 Å². The minimum atomic E-state index is 0.918. The normalized spacial score (nSPS) is 11.8. The Balaban J connectivity index is 1.08. The smallest absolute Gasteiger partial charge is 0.0970 e. The van der Waals surface area contributed by atoms with Gasteiger partial charge in [0.05, 0.1) is 33.5 Å². The van der Waals surface area contributed by atoms with Gasteiger partial charge < -0.3 is 0 Å². The van der Waals surface area contributed by atoms with Crippen molar-refractivity contribution in [1.82, 2.24) is 19.9 Å². The number of para-hydroxylation sites is 1. The van der Waals surface area contributed by atoms with Crippen LogP contribution in [0.4, 0.5) is 0 Å². The number of nitrogens with zero attached hydrogens (tertiary/aromatic N) is 4. The Kier molecular flexibility index (Phi) is 5.84. The monoisotopic (exact) mass is 610 g/mol. The van der Waals surface area contributed by atoms with E-state index >= 15 is 0 Å². The van der Waals surface area contributed by atoms with Crippen LogP contribution < -0.4 is 0 Å². The second-order valence-corrected chi connectivity index (χ2v) is 12.3. The highest BCUT2D eigenvalue weighted by Crippen LogP contribution is 2.38. The van der Waals surface area contributed by atoms with E-state index in [0.717, 1.165) is 77.3 Å². The van der Waals surface area contributed by atoms with Gasteiger partial charge >= 0.3 is 0 Å². The number of pyridine rings is 4. The zero-order chi connectivity index (χ0) is 31.6. The molecule has 4 heterocycles. The van der Waals surface area contributed by atoms with Gasteiger partial charge in [0.1, 0.15) is 0 Å². The molecule has 0 aliphatic heterocycles. The molecule has 4 aromatic heterocycles. The Hall–Kier alpha value is -6.52. The van der Waals surface area contributed by atoms with Crippen LogP contribution >= 0.6 is 0 Å². The van der Waals surface area contributed by atoms with Crippen LogP contribution in [0.25, 0.3) is 98.8 Å². The van der Waals surface area contributed by atoms with Crippen molar-refractivity contribution in [3.8, 4) is 33.6 Å². The van der Waals surface area contributed by atoms with Gasteiger partial charge in [-0.05, 0) is 64.4 Å². The van der Waals surface area contributed by atoms with E-state index in [9.17, 15) is 0 Å².